The van der Waals surface area contributed by atoms with Crippen LogP contribution in [-0.2, 0) is 0 Å². The molecule has 0 aliphatic rings. The first-order chi connectivity index (χ1) is 11.0. The maximum absolute atomic E-state index is 11.7. The van der Waals surface area contributed by atoms with Crippen LogP contribution in [0.1, 0.15) is 10.5 Å². The molecule has 0 bridgehead atoms. The van der Waals surface area contributed by atoms with E-state index in [0.29, 0.717) is 6.20 Å². The van der Waals surface area contributed by atoms with Gasteiger partial charge in [-0.05, 0) is 4.90 Å². The molecular formula is C6H5N7O11. The second-order valence-electron chi connectivity index (χ2n) is 3.99. The van der Waals surface area contributed by atoms with E-state index in [1.165, 1.54) is 0 Å². The van der Waals surface area contributed by atoms with Crippen molar-refractivity contribution >= 4 is 5.78 Å². The Balaban J connectivity index is 3.16. The zero-order chi connectivity index (χ0) is 18.7. The largest absolute Gasteiger partial charge is 0.723 e. The third-order valence-corrected chi connectivity index (χ3v) is 2.61. The maximum atomic E-state index is 11.7. The van der Waals surface area contributed by atoms with Crippen molar-refractivity contribution in [1.82, 2.24) is 10.2 Å². The number of rotatable bonds is 9. The SMILES string of the molecule is O=C(CN(CC([N+](=O)[O-])([N+](=O)[O-])[N+](=O)[O-])[N+](=O)[O-])c1cno[n+]1[O-]. The van der Waals surface area contributed by atoms with Gasteiger partial charge in [-0.15, -0.1) is 0 Å². The first kappa shape index (κ1) is 18.1. The van der Waals surface area contributed by atoms with E-state index in [0.717, 1.165) is 0 Å². The van der Waals surface area contributed by atoms with E-state index in [1.807, 2.05) is 0 Å². The Morgan fingerprint density at radius 2 is 1.67 bits per heavy atom. The predicted molar refractivity (Wildman–Crippen MR) is 62.1 cm³/mol. The minimum atomic E-state index is -4.19. The van der Waals surface area contributed by atoms with Crippen LogP contribution >= 0.6 is 0 Å². The third-order valence-electron chi connectivity index (χ3n) is 2.61. The average Bonchev–Trinajstić information content (AvgIpc) is 2.87. The van der Waals surface area contributed by atoms with Gasteiger partial charge < -0.3 is 5.21 Å². The Hall–Kier alpha value is -3.99. The summed E-state index contributed by atoms with van der Waals surface area (Å²) in [5.74, 6) is -5.55. The van der Waals surface area contributed by atoms with Crippen molar-refractivity contribution in [2.45, 2.75) is 5.79 Å². The highest BCUT2D eigenvalue weighted by molar-refractivity contribution is 5.94. The molecule has 0 radical (unpaired) electrons. The van der Waals surface area contributed by atoms with Gasteiger partial charge in [-0.2, -0.15) is 0 Å². The smallest absolute Gasteiger partial charge is 0.359 e. The predicted octanol–water partition coefficient (Wildman–Crippen LogP) is -2.53. The first-order valence-electron chi connectivity index (χ1n) is 5.44. The zero-order valence-electron chi connectivity index (χ0n) is 11.1. The van der Waals surface area contributed by atoms with Gasteiger partial charge in [0.2, 0.25) is 12.0 Å². The van der Waals surface area contributed by atoms with Gasteiger partial charge in [-0.1, -0.05) is 5.01 Å². The van der Waals surface area contributed by atoms with E-state index in [-0.39, 0.29) is 0 Å². The van der Waals surface area contributed by atoms with E-state index < -0.39 is 60.1 Å². The Morgan fingerprint density at radius 1 is 1.17 bits per heavy atom. The van der Waals surface area contributed by atoms with Crippen molar-refractivity contribution in [3.8, 4) is 0 Å². The molecule has 0 amide bonds. The summed E-state index contributed by atoms with van der Waals surface area (Å²) in [6, 6.07) is 0. The molecule has 18 nitrogen and oxygen atoms in total. The third kappa shape index (κ3) is 3.10. The van der Waals surface area contributed by atoms with Crippen molar-refractivity contribution in [3.05, 3.63) is 57.6 Å². The molecule has 0 unspecified atom stereocenters. The van der Waals surface area contributed by atoms with Gasteiger partial charge in [0.1, 0.15) is 6.54 Å². The van der Waals surface area contributed by atoms with Crippen LogP contribution in [0.5, 0.6) is 0 Å². The van der Waals surface area contributed by atoms with Crippen molar-refractivity contribution in [1.29, 1.82) is 0 Å². The Kier molecular flexibility index (Phi) is 4.83. The van der Waals surface area contributed by atoms with E-state index in [2.05, 4.69) is 9.79 Å². The quantitative estimate of drug-likeness (QED) is 0.146. The van der Waals surface area contributed by atoms with Crippen molar-refractivity contribution in [2.24, 2.45) is 0 Å². The molecule has 0 aromatic carbocycles. The van der Waals surface area contributed by atoms with Gasteiger partial charge in [0.25, 0.3) is 12.2 Å². The number of aromatic nitrogens is 2. The Bertz CT molecular complexity index is 675. The summed E-state index contributed by atoms with van der Waals surface area (Å²) in [4.78, 5) is 48.4. The number of carbonyl (C=O) groups excluding carboxylic acids is 1. The van der Waals surface area contributed by atoms with Gasteiger partial charge in [0.15, 0.2) is 19.8 Å². The molecule has 130 valence electrons. The van der Waals surface area contributed by atoms with E-state index in [4.69, 9.17) is 0 Å². The molecule has 1 heterocycles. The van der Waals surface area contributed by atoms with Crippen molar-refractivity contribution < 1.29 is 34.1 Å². The van der Waals surface area contributed by atoms with Crippen molar-refractivity contribution in [2.75, 3.05) is 13.1 Å². The summed E-state index contributed by atoms with van der Waals surface area (Å²) < 4.78 is 3.92. The number of ketones is 1. The summed E-state index contributed by atoms with van der Waals surface area (Å²) in [5, 5.41) is 55.0. The molecule has 0 saturated heterocycles. The van der Waals surface area contributed by atoms with Crippen LogP contribution in [0, 0.1) is 45.7 Å². The molecule has 1 rings (SSSR count). The van der Waals surface area contributed by atoms with Gasteiger partial charge in [0.05, 0.1) is 0 Å². The number of Topliss-reactive ketones (excluding diaryl/α,β-unsaturated/α-hetero) is 1. The van der Waals surface area contributed by atoms with Crippen LogP contribution in [0.15, 0.2) is 10.8 Å². The van der Waals surface area contributed by atoms with E-state index in [9.17, 15) is 50.5 Å². The zero-order valence-corrected chi connectivity index (χ0v) is 11.1. The van der Waals surface area contributed by atoms with Crippen LogP contribution in [0.4, 0.5) is 0 Å². The fourth-order valence-electron chi connectivity index (χ4n) is 1.42. The van der Waals surface area contributed by atoms with Gasteiger partial charge in [-0.25, -0.2) is 10.1 Å². The number of hydrogen-bond acceptors (Lipinski definition) is 12. The molecule has 0 spiro atoms. The number of hydrogen-bond donors (Lipinski definition) is 0. The fourth-order valence-corrected chi connectivity index (χ4v) is 1.42. The number of nitrogens with zero attached hydrogens (tertiary/aromatic N) is 7. The number of carbonyl (C=O) groups is 1. The molecular weight excluding hydrogens is 346 g/mol. The summed E-state index contributed by atoms with van der Waals surface area (Å²) in [7, 11) is 0. The first-order valence-corrected chi connectivity index (χ1v) is 5.44. The highest BCUT2D eigenvalue weighted by Gasteiger charge is 2.73. The van der Waals surface area contributed by atoms with E-state index in [1.54, 1.807) is 0 Å². The minimum Gasteiger partial charge on any atom is -0.359 e. The normalized spacial score (nSPS) is 10.8. The minimum absolute atomic E-state index is 0.441. The lowest BCUT2D eigenvalue weighted by Gasteiger charge is -2.14. The molecule has 0 fully saturated rings. The van der Waals surface area contributed by atoms with Crippen LogP contribution in [0.25, 0.3) is 0 Å². The molecule has 1 aromatic rings. The van der Waals surface area contributed by atoms with Gasteiger partial charge >= 0.3 is 5.79 Å². The molecule has 18 heteroatoms. The van der Waals surface area contributed by atoms with Gasteiger partial charge in [0, 0.05) is 5.16 Å². The monoisotopic (exact) mass is 351 g/mol. The summed E-state index contributed by atoms with van der Waals surface area (Å²) in [6.07, 6.45) is 0.565. The molecule has 0 N–H and O–H groups in total. The highest BCUT2D eigenvalue weighted by Crippen LogP contribution is 2.15. The molecule has 24 heavy (non-hydrogen) atoms. The lowest BCUT2D eigenvalue weighted by atomic mass is 10.3. The Morgan fingerprint density at radius 3 is 2.00 bits per heavy atom. The number of nitro groups is 4. The lowest BCUT2D eigenvalue weighted by molar-refractivity contribution is -0.973. The second kappa shape index (κ2) is 6.41. The molecule has 0 saturated carbocycles. The van der Waals surface area contributed by atoms with Crippen LogP contribution in [-0.4, -0.2) is 54.6 Å². The highest BCUT2D eigenvalue weighted by atomic mass is 16.8. The summed E-state index contributed by atoms with van der Waals surface area (Å²) >= 11 is 0. The summed E-state index contributed by atoms with van der Waals surface area (Å²) in [5.41, 5.74) is -0.851. The molecule has 1 aromatic heterocycles. The Labute approximate surface area is 127 Å². The molecule has 0 atom stereocenters. The molecule has 0 aliphatic carbocycles. The average molecular weight is 351 g/mol. The van der Waals surface area contributed by atoms with E-state index >= 15 is 0 Å². The fraction of sp³-hybridized carbons (Fsp3) is 0.500. The van der Waals surface area contributed by atoms with Crippen molar-refractivity contribution in [3.63, 3.8) is 0 Å². The molecule has 0 aliphatic heterocycles. The topological polar surface area (TPSA) is 246 Å². The summed E-state index contributed by atoms with van der Waals surface area (Å²) in [6.45, 7) is -3.41. The van der Waals surface area contributed by atoms with Crippen LogP contribution < -0.4 is 4.90 Å². The van der Waals surface area contributed by atoms with Crippen LogP contribution in [0.2, 0.25) is 0 Å². The standard InChI is InChI=1S/C6H5N7O11/c14-5(4-1-7-24-9(4)15)2-8(13(22)23)3-6(10(16)17,11(18)19)12(20)21/h1H,2-3H2. The van der Waals surface area contributed by atoms with Gasteiger partial charge in [-0.3, -0.25) is 39.8 Å². The maximum Gasteiger partial charge on any atom is 0.723 e. The number of hydrazine groups is 1. The van der Waals surface area contributed by atoms with Crippen LogP contribution in [0.3, 0.4) is 0 Å². The second-order valence-corrected chi connectivity index (χ2v) is 3.99. The lowest BCUT2D eigenvalue weighted by Crippen LogP contribution is -2.61.